The van der Waals surface area contributed by atoms with Crippen molar-refractivity contribution in [2.75, 3.05) is 24.6 Å². The maximum absolute atomic E-state index is 6.10. The monoisotopic (exact) mass is 295 g/mol. The third-order valence-electron chi connectivity index (χ3n) is 3.67. The van der Waals surface area contributed by atoms with Crippen LogP contribution in [0.25, 0.3) is 0 Å². The minimum absolute atomic E-state index is 0.341. The predicted octanol–water partition coefficient (Wildman–Crippen LogP) is 2.56. The molecule has 2 unspecified atom stereocenters. The minimum atomic E-state index is 0.341. The van der Waals surface area contributed by atoms with Gasteiger partial charge in [0.2, 0.25) is 0 Å². The Bertz CT molecular complexity index is 485. The Balaban J connectivity index is 1.63. The topological polar surface area (TPSA) is 41.6 Å². The van der Waals surface area contributed by atoms with Crippen molar-refractivity contribution >= 4 is 29.3 Å². The van der Waals surface area contributed by atoms with Gasteiger partial charge in [0.15, 0.2) is 5.96 Å². The predicted molar refractivity (Wildman–Crippen MR) is 83.1 cm³/mol. The maximum atomic E-state index is 6.10. The van der Waals surface area contributed by atoms with Gasteiger partial charge in [-0.2, -0.15) is 11.8 Å². The number of benzene rings is 1. The average molecular weight is 296 g/mol. The molecule has 0 radical (unpaired) electrons. The molecule has 1 heterocycles. The number of rotatable bonds is 2. The van der Waals surface area contributed by atoms with E-state index in [4.69, 9.17) is 17.3 Å². The summed E-state index contributed by atoms with van der Waals surface area (Å²) in [6.07, 6.45) is 1.09. The Labute approximate surface area is 123 Å². The molecule has 5 heteroatoms. The van der Waals surface area contributed by atoms with E-state index in [0.29, 0.717) is 12.0 Å². The second kappa shape index (κ2) is 5.63. The van der Waals surface area contributed by atoms with Crippen LogP contribution in [0.1, 0.15) is 17.9 Å². The number of halogens is 1. The molecule has 1 aliphatic heterocycles. The molecule has 1 saturated carbocycles. The third kappa shape index (κ3) is 3.18. The number of guanidine groups is 1. The highest BCUT2D eigenvalue weighted by atomic mass is 35.5. The fraction of sp³-hybridized carbons (Fsp3) is 0.500. The fourth-order valence-electron chi connectivity index (χ4n) is 2.46. The van der Waals surface area contributed by atoms with Crippen molar-refractivity contribution in [3.05, 3.63) is 34.9 Å². The van der Waals surface area contributed by atoms with Gasteiger partial charge in [-0.3, -0.25) is 0 Å². The van der Waals surface area contributed by atoms with Crippen LogP contribution in [0.2, 0.25) is 5.02 Å². The first kappa shape index (κ1) is 13.1. The van der Waals surface area contributed by atoms with Crippen LogP contribution < -0.4 is 5.73 Å². The first-order valence-corrected chi connectivity index (χ1v) is 8.19. The molecule has 1 aromatic rings. The first-order chi connectivity index (χ1) is 9.24. The van der Waals surface area contributed by atoms with Crippen molar-refractivity contribution < 1.29 is 0 Å². The quantitative estimate of drug-likeness (QED) is 0.673. The van der Waals surface area contributed by atoms with Gasteiger partial charge in [0.1, 0.15) is 0 Å². The molecular weight excluding hydrogens is 278 g/mol. The Morgan fingerprint density at radius 2 is 2.16 bits per heavy atom. The standard InChI is InChI=1S/C14H18ClN3S/c15-11-3-1-2-10(8-11)12-9-13(12)17-14(16)18-4-6-19-7-5-18/h1-3,8,12-13H,4-7,9H2,(H2,16,17). The minimum Gasteiger partial charge on any atom is -0.370 e. The van der Waals surface area contributed by atoms with Crippen molar-refractivity contribution in [1.82, 2.24) is 4.90 Å². The van der Waals surface area contributed by atoms with E-state index in [-0.39, 0.29) is 0 Å². The molecule has 2 atom stereocenters. The van der Waals surface area contributed by atoms with E-state index in [1.807, 2.05) is 30.0 Å². The summed E-state index contributed by atoms with van der Waals surface area (Å²) in [6.45, 7) is 2.04. The number of thioether (sulfide) groups is 1. The van der Waals surface area contributed by atoms with E-state index >= 15 is 0 Å². The molecule has 2 fully saturated rings. The van der Waals surface area contributed by atoms with E-state index in [9.17, 15) is 0 Å². The zero-order valence-electron chi connectivity index (χ0n) is 10.8. The lowest BCUT2D eigenvalue weighted by Crippen LogP contribution is -2.42. The van der Waals surface area contributed by atoms with Crippen molar-refractivity contribution in [2.24, 2.45) is 10.7 Å². The highest BCUT2D eigenvalue weighted by Gasteiger charge is 2.39. The first-order valence-electron chi connectivity index (χ1n) is 6.65. The zero-order valence-corrected chi connectivity index (χ0v) is 12.3. The Morgan fingerprint density at radius 1 is 1.37 bits per heavy atom. The van der Waals surface area contributed by atoms with Crippen LogP contribution in [-0.2, 0) is 0 Å². The third-order valence-corrected chi connectivity index (χ3v) is 4.84. The number of aliphatic imine (C=N–C) groups is 1. The molecule has 2 N–H and O–H groups in total. The molecule has 3 rings (SSSR count). The largest absolute Gasteiger partial charge is 0.370 e. The van der Waals surface area contributed by atoms with Crippen molar-refractivity contribution in [1.29, 1.82) is 0 Å². The molecule has 0 aromatic heterocycles. The maximum Gasteiger partial charge on any atom is 0.191 e. The molecule has 1 aliphatic carbocycles. The van der Waals surface area contributed by atoms with Gasteiger partial charge in [0.25, 0.3) is 0 Å². The fourth-order valence-corrected chi connectivity index (χ4v) is 3.57. The summed E-state index contributed by atoms with van der Waals surface area (Å²) >= 11 is 8.00. The average Bonchev–Trinajstić information content (AvgIpc) is 3.19. The summed E-state index contributed by atoms with van der Waals surface area (Å²) in [7, 11) is 0. The highest BCUT2D eigenvalue weighted by Crippen LogP contribution is 2.44. The van der Waals surface area contributed by atoms with Crippen molar-refractivity contribution in [2.45, 2.75) is 18.4 Å². The molecule has 3 nitrogen and oxygen atoms in total. The van der Waals surface area contributed by atoms with Gasteiger partial charge in [-0.1, -0.05) is 23.7 Å². The Morgan fingerprint density at radius 3 is 2.89 bits per heavy atom. The van der Waals surface area contributed by atoms with Crippen LogP contribution in [-0.4, -0.2) is 41.5 Å². The van der Waals surface area contributed by atoms with E-state index in [1.54, 1.807) is 0 Å². The van der Waals surface area contributed by atoms with Crippen molar-refractivity contribution in [3.8, 4) is 0 Å². The Kier molecular flexibility index (Phi) is 3.89. The van der Waals surface area contributed by atoms with Gasteiger partial charge in [-0.05, 0) is 24.1 Å². The molecule has 102 valence electrons. The van der Waals surface area contributed by atoms with Gasteiger partial charge in [-0.25, -0.2) is 4.99 Å². The second-order valence-corrected chi connectivity index (χ2v) is 6.71. The summed E-state index contributed by atoms with van der Waals surface area (Å²) in [6, 6.07) is 8.41. The molecule has 0 spiro atoms. The van der Waals surface area contributed by atoms with Gasteiger partial charge in [-0.15, -0.1) is 0 Å². The smallest absolute Gasteiger partial charge is 0.191 e. The van der Waals surface area contributed by atoms with E-state index in [1.165, 1.54) is 5.56 Å². The van der Waals surface area contributed by atoms with Gasteiger partial charge < -0.3 is 10.6 Å². The van der Waals surface area contributed by atoms with Crippen LogP contribution in [0, 0.1) is 0 Å². The zero-order chi connectivity index (χ0) is 13.2. The van der Waals surface area contributed by atoms with Crippen molar-refractivity contribution in [3.63, 3.8) is 0 Å². The number of hydrogen-bond donors (Lipinski definition) is 1. The molecule has 0 amide bonds. The van der Waals surface area contributed by atoms with E-state index in [2.05, 4.69) is 16.0 Å². The molecule has 0 bridgehead atoms. The van der Waals surface area contributed by atoms with Crippen LogP contribution in [0.4, 0.5) is 0 Å². The molecule has 19 heavy (non-hydrogen) atoms. The van der Waals surface area contributed by atoms with Crippen LogP contribution in [0.3, 0.4) is 0 Å². The van der Waals surface area contributed by atoms with E-state index < -0.39 is 0 Å². The number of nitrogens with zero attached hydrogens (tertiary/aromatic N) is 2. The van der Waals surface area contributed by atoms with Gasteiger partial charge in [0.05, 0.1) is 6.04 Å². The lowest BCUT2D eigenvalue weighted by molar-refractivity contribution is 0.455. The number of nitrogens with two attached hydrogens (primary N) is 1. The molecular formula is C14H18ClN3S. The van der Waals surface area contributed by atoms with Gasteiger partial charge >= 0.3 is 0 Å². The lowest BCUT2D eigenvalue weighted by Gasteiger charge is -2.27. The lowest BCUT2D eigenvalue weighted by atomic mass is 10.1. The molecule has 1 aromatic carbocycles. The summed E-state index contributed by atoms with van der Waals surface area (Å²) in [5.74, 6) is 3.52. The molecule has 1 saturated heterocycles. The van der Waals surface area contributed by atoms with Gasteiger partial charge in [0, 0.05) is 35.5 Å². The van der Waals surface area contributed by atoms with Crippen LogP contribution in [0.5, 0.6) is 0 Å². The summed E-state index contributed by atoms with van der Waals surface area (Å²) in [4.78, 5) is 6.87. The summed E-state index contributed by atoms with van der Waals surface area (Å²) < 4.78 is 0. The summed E-state index contributed by atoms with van der Waals surface area (Å²) in [5.41, 5.74) is 7.38. The normalized spacial score (nSPS) is 27.4. The van der Waals surface area contributed by atoms with Crippen LogP contribution >= 0.6 is 23.4 Å². The number of hydrogen-bond acceptors (Lipinski definition) is 2. The Hall–Kier alpha value is -0.870. The second-order valence-electron chi connectivity index (χ2n) is 5.05. The molecule has 2 aliphatic rings. The van der Waals surface area contributed by atoms with E-state index in [0.717, 1.165) is 42.0 Å². The SMILES string of the molecule is NC(=NC1CC1c1cccc(Cl)c1)N1CCSCC1. The van der Waals surface area contributed by atoms with Crippen LogP contribution in [0.15, 0.2) is 29.3 Å². The highest BCUT2D eigenvalue weighted by molar-refractivity contribution is 7.99. The summed E-state index contributed by atoms with van der Waals surface area (Å²) in [5, 5.41) is 0.799.